The Bertz CT molecular complexity index is 1290. The molecule has 0 spiro atoms. The maximum Gasteiger partial charge on any atom is 0.263 e. The van der Waals surface area contributed by atoms with Crippen molar-refractivity contribution in [2.24, 2.45) is 0 Å². The molecule has 0 aliphatic rings. The fraction of sp³-hybridized carbons (Fsp3) is 0. The van der Waals surface area contributed by atoms with E-state index in [0.29, 0.717) is 5.69 Å². The maximum atomic E-state index is 12.6. The zero-order valence-corrected chi connectivity index (χ0v) is 16.5. The van der Waals surface area contributed by atoms with Gasteiger partial charge >= 0.3 is 0 Å². The Hall–Kier alpha value is -3.43. The van der Waals surface area contributed by atoms with Gasteiger partial charge in [-0.3, -0.25) is 9.52 Å². The van der Waals surface area contributed by atoms with Crippen LogP contribution < -0.4 is 10.0 Å². The summed E-state index contributed by atoms with van der Waals surface area (Å²) in [6.45, 7) is 0. The minimum absolute atomic E-state index is 0.0410. The number of benzene rings is 3. The molecule has 4 aromatic rings. The van der Waals surface area contributed by atoms with Gasteiger partial charge in [0.25, 0.3) is 15.9 Å². The molecule has 1 aromatic heterocycles. The Morgan fingerprint density at radius 3 is 2.34 bits per heavy atom. The summed E-state index contributed by atoms with van der Waals surface area (Å²) < 4.78 is 27.1. The number of phenols is 1. The van der Waals surface area contributed by atoms with Crippen LogP contribution in [0.1, 0.15) is 10.4 Å². The van der Waals surface area contributed by atoms with Crippen LogP contribution >= 0.6 is 11.3 Å². The number of anilines is 2. The van der Waals surface area contributed by atoms with Crippen LogP contribution in [0.4, 0.5) is 10.8 Å². The van der Waals surface area contributed by atoms with E-state index in [1.54, 1.807) is 11.4 Å². The highest BCUT2D eigenvalue weighted by molar-refractivity contribution is 7.93. The number of aromatic nitrogens is 1. The first-order chi connectivity index (χ1) is 13.9. The van der Waals surface area contributed by atoms with Crippen molar-refractivity contribution < 1.29 is 18.3 Å². The van der Waals surface area contributed by atoms with Gasteiger partial charge in [-0.15, -0.1) is 11.3 Å². The van der Waals surface area contributed by atoms with Gasteiger partial charge in [0.05, 0.1) is 10.5 Å². The van der Waals surface area contributed by atoms with Gasteiger partial charge in [0, 0.05) is 17.3 Å². The van der Waals surface area contributed by atoms with Crippen LogP contribution in [0, 0.1) is 0 Å². The van der Waals surface area contributed by atoms with Gasteiger partial charge in [0.15, 0.2) is 5.13 Å². The van der Waals surface area contributed by atoms with E-state index in [9.17, 15) is 18.3 Å². The third kappa shape index (κ3) is 4.05. The van der Waals surface area contributed by atoms with Crippen LogP contribution in [0.2, 0.25) is 0 Å². The standard InChI is InChI=1S/C20H15N3O4S2/c24-18-12-14-4-2-1-3-13(14)11-17(18)19(25)22-15-5-7-16(8-6-15)29(26,27)23-20-21-9-10-28-20/h1-12,24H,(H,21,23)(H,22,25). The molecular formula is C20H15N3O4S2. The van der Waals surface area contributed by atoms with Crippen LogP contribution in [0.15, 0.2) is 77.1 Å². The number of amides is 1. The van der Waals surface area contributed by atoms with E-state index in [4.69, 9.17) is 0 Å². The molecule has 3 aromatic carbocycles. The number of carbonyl (C=O) groups excluding carboxylic acids is 1. The Balaban J connectivity index is 1.53. The Morgan fingerprint density at radius 2 is 1.69 bits per heavy atom. The van der Waals surface area contributed by atoms with E-state index < -0.39 is 15.9 Å². The number of aromatic hydroxyl groups is 1. The number of hydrogen-bond acceptors (Lipinski definition) is 6. The first-order valence-electron chi connectivity index (χ1n) is 8.48. The molecule has 0 aliphatic heterocycles. The fourth-order valence-electron chi connectivity index (χ4n) is 2.77. The smallest absolute Gasteiger partial charge is 0.263 e. The zero-order valence-electron chi connectivity index (χ0n) is 14.9. The SMILES string of the molecule is O=C(Nc1ccc(S(=O)(=O)Nc2nccs2)cc1)c1cc2ccccc2cc1O. The average molecular weight is 425 g/mol. The molecule has 3 N–H and O–H groups in total. The number of carbonyl (C=O) groups is 1. The Labute approximate surface area is 170 Å². The summed E-state index contributed by atoms with van der Waals surface area (Å²) in [6, 6.07) is 16.2. The predicted octanol–water partition coefficient (Wildman–Crippen LogP) is 4.06. The van der Waals surface area contributed by atoms with Gasteiger partial charge in [-0.2, -0.15) is 0 Å². The van der Waals surface area contributed by atoms with Crippen LogP contribution in [-0.2, 0) is 10.0 Å². The molecule has 1 amide bonds. The minimum atomic E-state index is -3.77. The van der Waals surface area contributed by atoms with E-state index in [1.807, 2.05) is 24.3 Å². The lowest BCUT2D eigenvalue weighted by atomic mass is 10.1. The summed E-state index contributed by atoms with van der Waals surface area (Å²) in [5.41, 5.74) is 0.529. The quantitative estimate of drug-likeness (QED) is 0.447. The van der Waals surface area contributed by atoms with Gasteiger partial charge in [0.2, 0.25) is 0 Å². The second-order valence-corrected chi connectivity index (χ2v) is 8.71. The van der Waals surface area contributed by atoms with E-state index in [-0.39, 0.29) is 21.3 Å². The summed E-state index contributed by atoms with van der Waals surface area (Å²) in [5.74, 6) is -0.627. The second kappa shape index (κ2) is 7.53. The largest absolute Gasteiger partial charge is 0.507 e. The Morgan fingerprint density at radius 1 is 1.00 bits per heavy atom. The third-order valence-electron chi connectivity index (χ3n) is 4.19. The number of hydrogen-bond donors (Lipinski definition) is 3. The monoisotopic (exact) mass is 425 g/mol. The van der Waals surface area contributed by atoms with Gasteiger partial charge in [-0.1, -0.05) is 24.3 Å². The molecule has 1 heterocycles. The number of rotatable bonds is 5. The van der Waals surface area contributed by atoms with Crippen molar-refractivity contribution in [3.63, 3.8) is 0 Å². The summed E-state index contributed by atoms with van der Waals surface area (Å²) in [7, 11) is -3.77. The van der Waals surface area contributed by atoms with Crippen molar-refractivity contribution in [2.45, 2.75) is 4.90 Å². The highest BCUT2D eigenvalue weighted by Gasteiger charge is 2.17. The summed E-state index contributed by atoms with van der Waals surface area (Å²) >= 11 is 1.17. The maximum absolute atomic E-state index is 12.6. The molecule has 4 rings (SSSR count). The van der Waals surface area contributed by atoms with Crippen molar-refractivity contribution in [3.8, 4) is 5.75 Å². The van der Waals surface area contributed by atoms with Gasteiger partial charge in [-0.05, 0) is 47.2 Å². The van der Waals surface area contributed by atoms with Crippen molar-refractivity contribution in [1.29, 1.82) is 0 Å². The van der Waals surface area contributed by atoms with Crippen molar-refractivity contribution in [1.82, 2.24) is 4.98 Å². The first kappa shape index (κ1) is 18.9. The van der Waals surface area contributed by atoms with Gasteiger partial charge < -0.3 is 10.4 Å². The molecule has 0 unspecified atom stereocenters. The number of nitrogens with zero attached hydrogens (tertiary/aromatic N) is 1. The second-order valence-electron chi connectivity index (χ2n) is 6.14. The van der Waals surface area contributed by atoms with Gasteiger partial charge in [0.1, 0.15) is 5.75 Å². The van der Waals surface area contributed by atoms with E-state index in [1.165, 1.54) is 47.9 Å². The zero-order chi connectivity index (χ0) is 20.4. The summed E-state index contributed by atoms with van der Waals surface area (Å²) in [6.07, 6.45) is 1.50. The van der Waals surface area contributed by atoms with Crippen molar-refractivity contribution in [3.05, 3.63) is 77.8 Å². The predicted molar refractivity (Wildman–Crippen MR) is 113 cm³/mol. The number of nitrogens with one attached hydrogen (secondary N) is 2. The molecule has 0 radical (unpaired) electrons. The van der Waals surface area contributed by atoms with E-state index in [0.717, 1.165) is 10.8 Å². The molecule has 29 heavy (non-hydrogen) atoms. The topological polar surface area (TPSA) is 108 Å². The number of fused-ring (bicyclic) bond motifs is 1. The molecule has 7 nitrogen and oxygen atoms in total. The average Bonchev–Trinajstić information content (AvgIpc) is 3.20. The number of phenolic OH excluding ortho intramolecular Hbond substituents is 1. The summed E-state index contributed by atoms with van der Waals surface area (Å²) in [5, 5.41) is 16.4. The van der Waals surface area contributed by atoms with Crippen LogP contribution in [0.5, 0.6) is 5.75 Å². The van der Waals surface area contributed by atoms with Crippen molar-refractivity contribution in [2.75, 3.05) is 10.0 Å². The molecule has 0 atom stereocenters. The number of thiazole rings is 1. The van der Waals surface area contributed by atoms with Crippen LogP contribution in [0.3, 0.4) is 0 Å². The number of sulfonamides is 1. The first-order valence-corrected chi connectivity index (χ1v) is 10.8. The molecule has 146 valence electrons. The molecule has 0 saturated carbocycles. The summed E-state index contributed by atoms with van der Waals surface area (Å²) in [4.78, 5) is 16.5. The molecule has 9 heteroatoms. The molecule has 0 bridgehead atoms. The van der Waals surface area contributed by atoms with E-state index in [2.05, 4.69) is 15.0 Å². The normalized spacial score (nSPS) is 11.3. The molecule has 0 aliphatic carbocycles. The molecular weight excluding hydrogens is 410 g/mol. The molecule has 0 fully saturated rings. The van der Waals surface area contributed by atoms with Gasteiger partial charge in [-0.25, -0.2) is 13.4 Å². The van der Waals surface area contributed by atoms with Crippen LogP contribution in [-0.4, -0.2) is 24.4 Å². The highest BCUT2D eigenvalue weighted by atomic mass is 32.2. The molecule has 0 saturated heterocycles. The fourth-order valence-corrected chi connectivity index (χ4v) is 4.56. The highest BCUT2D eigenvalue weighted by Crippen LogP contribution is 2.26. The lowest BCUT2D eigenvalue weighted by Crippen LogP contribution is -2.14. The Kier molecular flexibility index (Phi) is 4.91. The lowest BCUT2D eigenvalue weighted by Gasteiger charge is -2.10. The minimum Gasteiger partial charge on any atom is -0.507 e. The lowest BCUT2D eigenvalue weighted by molar-refractivity contribution is 0.102. The van der Waals surface area contributed by atoms with E-state index >= 15 is 0 Å². The van der Waals surface area contributed by atoms with Crippen LogP contribution in [0.25, 0.3) is 10.8 Å². The third-order valence-corrected chi connectivity index (χ3v) is 6.36. The van der Waals surface area contributed by atoms with Crippen molar-refractivity contribution >= 4 is 48.9 Å².